The van der Waals surface area contributed by atoms with Crippen molar-refractivity contribution in [3.8, 4) is 0 Å². The van der Waals surface area contributed by atoms with E-state index >= 15 is 0 Å². The van der Waals surface area contributed by atoms with Crippen LogP contribution < -0.4 is 5.32 Å². The van der Waals surface area contributed by atoms with Gasteiger partial charge in [-0.3, -0.25) is 19.3 Å². The molecule has 8 nitrogen and oxygen atoms in total. The van der Waals surface area contributed by atoms with Gasteiger partial charge in [0, 0.05) is 32.6 Å². The van der Waals surface area contributed by atoms with Crippen LogP contribution in [-0.2, 0) is 24.4 Å². The Morgan fingerprint density at radius 2 is 1.76 bits per heavy atom. The lowest BCUT2D eigenvalue weighted by Crippen LogP contribution is -2.45. The molecule has 1 heterocycles. The Morgan fingerprint density at radius 1 is 1.20 bits per heavy atom. The Bertz CT molecular complexity index is 816. The van der Waals surface area contributed by atoms with Crippen molar-refractivity contribution < 1.29 is 22.8 Å². The fourth-order valence-electron chi connectivity index (χ4n) is 2.49. The van der Waals surface area contributed by atoms with Gasteiger partial charge in [-0.2, -0.15) is 0 Å². The molecule has 0 bridgehead atoms. The highest BCUT2D eigenvalue weighted by Gasteiger charge is 2.36. The van der Waals surface area contributed by atoms with Gasteiger partial charge in [0.2, 0.25) is 27.7 Å². The maximum atomic E-state index is 12.4. The SMILES string of the molecule is Cc1ccc(S(=O)(=O)N(C)C)cc1NC(=O)C(C)N1C(=O)CCC1=O. The molecule has 3 amide bonds. The second-order valence-corrected chi connectivity index (χ2v) is 8.24. The maximum absolute atomic E-state index is 12.4. The highest BCUT2D eigenvalue weighted by atomic mass is 32.2. The number of nitrogens with zero attached hydrogens (tertiary/aromatic N) is 2. The first kappa shape index (κ1) is 19.1. The molecular weight excluding hydrogens is 346 g/mol. The molecule has 0 aromatic heterocycles. The second kappa shape index (κ2) is 6.93. The summed E-state index contributed by atoms with van der Waals surface area (Å²) in [5.74, 6) is -1.31. The quantitative estimate of drug-likeness (QED) is 0.773. The standard InChI is InChI=1S/C16H21N3O5S/c1-10-5-6-12(25(23,24)18(3)4)9-13(10)17-16(22)11(2)19-14(20)7-8-15(19)21/h5-6,9,11H,7-8H2,1-4H3,(H,17,22). The number of hydrogen-bond donors (Lipinski definition) is 1. The van der Waals surface area contributed by atoms with Crippen LogP contribution in [0.5, 0.6) is 0 Å². The van der Waals surface area contributed by atoms with E-state index in [1.165, 1.54) is 33.2 Å². The van der Waals surface area contributed by atoms with Gasteiger partial charge in [-0.05, 0) is 31.5 Å². The third-order valence-electron chi connectivity index (χ3n) is 4.10. The molecule has 1 fully saturated rings. The number of imide groups is 1. The van der Waals surface area contributed by atoms with Crippen molar-refractivity contribution in [1.82, 2.24) is 9.21 Å². The van der Waals surface area contributed by atoms with E-state index in [1.807, 2.05) is 0 Å². The third-order valence-corrected chi connectivity index (χ3v) is 5.91. The smallest absolute Gasteiger partial charge is 0.247 e. The van der Waals surface area contributed by atoms with Crippen molar-refractivity contribution in [2.45, 2.75) is 37.6 Å². The summed E-state index contributed by atoms with van der Waals surface area (Å²) in [5.41, 5.74) is 0.983. The van der Waals surface area contributed by atoms with Gasteiger partial charge in [-0.1, -0.05) is 6.07 Å². The highest BCUT2D eigenvalue weighted by Crippen LogP contribution is 2.23. The Morgan fingerprint density at radius 3 is 2.28 bits per heavy atom. The summed E-state index contributed by atoms with van der Waals surface area (Å²) in [7, 11) is -0.808. The zero-order valence-corrected chi connectivity index (χ0v) is 15.4. The highest BCUT2D eigenvalue weighted by molar-refractivity contribution is 7.89. The van der Waals surface area contributed by atoms with Gasteiger partial charge in [0.25, 0.3) is 0 Å². The minimum Gasteiger partial charge on any atom is -0.324 e. The van der Waals surface area contributed by atoms with Crippen molar-refractivity contribution in [2.75, 3.05) is 19.4 Å². The van der Waals surface area contributed by atoms with E-state index in [0.29, 0.717) is 11.3 Å². The molecule has 1 unspecified atom stereocenters. The molecule has 1 saturated heterocycles. The Kier molecular flexibility index (Phi) is 5.28. The molecule has 1 aliphatic rings. The van der Waals surface area contributed by atoms with Gasteiger partial charge in [0.15, 0.2) is 0 Å². The number of aryl methyl sites for hydroxylation is 1. The van der Waals surface area contributed by atoms with E-state index in [2.05, 4.69) is 5.32 Å². The zero-order valence-electron chi connectivity index (χ0n) is 14.6. The predicted octanol–water partition coefficient (Wildman–Crippen LogP) is 0.721. The Labute approximate surface area is 146 Å². The number of benzene rings is 1. The van der Waals surface area contributed by atoms with E-state index in [1.54, 1.807) is 13.0 Å². The number of nitrogens with one attached hydrogen (secondary N) is 1. The molecule has 1 aromatic rings. The van der Waals surface area contributed by atoms with Crippen molar-refractivity contribution in [2.24, 2.45) is 0 Å². The molecule has 1 aromatic carbocycles. The minimum atomic E-state index is -3.64. The van der Waals surface area contributed by atoms with Crippen LogP contribution in [0.4, 0.5) is 5.69 Å². The molecular formula is C16H21N3O5S. The molecule has 25 heavy (non-hydrogen) atoms. The summed E-state index contributed by atoms with van der Waals surface area (Å²) in [6.07, 6.45) is 0.206. The number of sulfonamides is 1. The molecule has 1 aliphatic heterocycles. The average Bonchev–Trinajstić information content (AvgIpc) is 2.87. The fourth-order valence-corrected chi connectivity index (χ4v) is 3.42. The zero-order chi connectivity index (χ0) is 18.9. The number of amides is 3. The first-order valence-corrected chi connectivity index (χ1v) is 9.18. The topological polar surface area (TPSA) is 104 Å². The van der Waals surface area contributed by atoms with Gasteiger partial charge in [0.1, 0.15) is 6.04 Å². The predicted molar refractivity (Wildman–Crippen MR) is 91.2 cm³/mol. The van der Waals surface area contributed by atoms with Crippen LogP contribution in [0.25, 0.3) is 0 Å². The molecule has 9 heteroatoms. The van der Waals surface area contributed by atoms with Crippen LogP contribution in [0.3, 0.4) is 0 Å². The average molecular weight is 367 g/mol. The number of hydrogen-bond acceptors (Lipinski definition) is 5. The number of carbonyl (C=O) groups excluding carboxylic acids is 3. The lowest BCUT2D eigenvalue weighted by atomic mass is 10.2. The van der Waals surface area contributed by atoms with Crippen LogP contribution in [0.2, 0.25) is 0 Å². The van der Waals surface area contributed by atoms with E-state index in [0.717, 1.165) is 9.21 Å². The van der Waals surface area contributed by atoms with Gasteiger partial charge in [-0.25, -0.2) is 12.7 Å². The fraction of sp³-hybridized carbons (Fsp3) is 0.438. The first-order chi connectivity index (χ1) is 11.6. The van der Waals surface area contributed by atoms with Gasteiger partial charge < -0.3 is 5.32 Å². The lowest BCUT2D eigenvalue weighted by molar-refractivity contribution is -0.144. The number of carbonyl (C=O) groups is 3. The normalized spacial score (nSPS) is 16.4. The summed E-state index contributed by atoms with van der Waals surface area (Å²) in [6, 6.07) is 3.44. The molecule has 0 spiro atoms. The van der Waals surface area contributed by atoms with Crippen molar-refractivity contribution in [1.29, 1.82) is 0 Å². The van der Waals surface area contributed by atoms with Crippen LogP contribution in [0.1, 0.15) is 25.3 Å². The monoisotopic (exact) mass is 367 g/mol. The summed E-state index contributed by atoms with van der Waals surface area (Å²) in [4.78, 5) is 36.9. The summed E-state index contributed by atoms with van der Waals surface area (Å²) >= 11 is 0. The van der Waals surface area contributed by atoms with Crippen molar-refractivity contribution in [3.05, 3.63) is 23.8 Å². The van der Waals surface area contributed by atoms with Crippen LogP contribution in [0.15, 0.2) is 23.1 Å². The number of rotatable bonds is 5. The van der Waals surface area contributed by atoms with Gasteiger partial charge >= 0.3 is 0 Å². The third kappa shape index (κ3) is 3.72. The molecule has 2 rings (SSSR count). The summed E-state index contributed by atoms with van der Waals surface area (Å²) in [5, 5.41) is 2.61. The van der Waals surface area contributed by atoms with Gasteiger partial charge in [0.05, 0.1) is 4.90 Å². The summed E-state index contributed by atoms with van der Waals surface area (Å²) < 4.78 is 25.5. The number of likely N-dealkylation sites (tertiary alicyclic amines) is 1. The lowest BCUT2D eigenvalue weighted by Gasteiger charge is -2.22. The Balaban J connectivity index is 2.26. The van der Waals surface area contributed by atoms with Crippen molar-refractivity contribution in [3.63, 3.8) is 0 Å². The molecule has 1 N–H and O–H groups in total. The Hall–Kier alpha value is -2.26. The first-order valence-electron chi connectivity index (χ1n) is 7.74. The molecule has 0 saturated carbocycles. The minimum absolute atomic E-state index is 0.0411. The van der Waals surface area contributed by atoms with Crippen molar-refractivity contribution >= 4 is 33.4 Å². The van der Waals surface area contributed by atoms with Crippen LogP contribution >= 0.6 is 0 Å². The van der Waals surface area contributed by atoms with E-state index in [-0.39, 0.29) is 29.6 Å². The maximum Gasteiger partial charge on any atom is 0.247 e. The molecule has 1 atom stereocenters. The van der Waals surface area contributed by atoms with E-state index in [9.17, 15) is 22.8 Å². The molecule has 0 radical (unpaired) electrons. The molecule has 136 valence electrons. The summed E-state index contributed by atoms with van der Waals surface area (Å²) in [6.45, 7) is 3.19. The van der Waals surface area contributed by atoms with Crippen LogP contribution in [-0.4, -0.2) is 55.5 Å². The van der Waals surface area contributed by atoms with Crippen LogP contribution in [0, 0.1) is 6.92 Å². The molecule has 0 aliphatic carbocycles. The van der Waals surface area contributed by atoms with Gasteiger partial charge in [-0.15, -0.1) is 0 Å². The largest absolute Gasteiger partial charge is 0.324 e. The second-order valence-electron chi connectivity index (χ2n) is 6.09. The van der Waals surface area contributed by atoms with E-state index < -0.39 is 22.0 Å². The van der Waals surface area contributed by atoms with E-state index in [4.69, 9.17) is 0 Å². The number of anilines is 1.